The number of benzene rings is 1. The number of para-hydroxylation sites is 1. The van der Waals surface area contributed by atoms with Crippen LogP contribution in [0.5, 0.6) is 0 Å². The molecule has 3 N–H and O–H groups in total. The molecule has 3 rings (SSSR count). The summed E-state index contributed by atoms with van der Waals surface area (Å²) < 4.78 is 0. The molecule has 1 aliphatic rings. The molecule has 1 fully saturated rings. The Labute approximate surface area is 146 Å². The fraction of sp³-hybridized carbons (Fsp3) is 0.412. The highest BCUT2D eigenvalue weighted by atomic mass is 32.1. The van der Waals surface area contributed by atoms with Crippen molar-refractivity contribution < 1.29 is 4.79 Å². The molecule has 2 heterocycles. The predicted octanol–water partition coefficient (Wildman–Crippen LogP) is 1.79. The van der Waals surface area contributed by atoms with Gasteiger partial charge in [0.2, 0.25) is 5.91 Å². The van der Waals surface area contributed by atoms with Crippen LogP contribution in [0, 0.1) is 6.92 Å². The van der Waals surface area contributed by atoms with E-state index >= 15 is 0 Å². The first-order chi connectivity index (χ1) is 11.6. The van der Waals surface area contributed by atoms with E-state index in [4.69, 9.17) is 5.73 Å². The molecule has 0 atom stereocenters. The van der Waals surface area contributed by atoms with E-state index in [1.165, 1.54) is 4.88 Å². The number of aryl methyl sites for hydroxylation is 1. The zero-order valence-corrected chi connectivity index (χ0v) is 14.7. The lowest BCUT2D eigenvalue weighted by molar-refractivity contribution is -0.117. The van der Waals surface area contributed by atoms with E-state index in [-0.39, 0.29) is 5.91 Å². The molecule has 0 aliphatic carbocycles. The van der Waals surface area contributed by atoms with Gasteiger partial charge in [0.1, 0.15) is 0 Å². The first-order valence-corrected chi connectivity index (χ1v) is 8.92. The van der Waals surface area contributed by atoms with Crippen molar-refractivity contribution in [3.8, 4) is 0 Å². The molecular weight excluding hydrogens is 322 g/mol. The summed E-state index contributed by atoms with van der Waals surface area (Å²) in [6, 6.07) is 7.85. The molecule has 0 bridgehead atoms. The van der Waals surface area contributed by atoms with Crippen LogP contribution in [-0.4, -0.2) is 53.4 Å². The van der Waals surface area contributed by atoms with Crippen LogP contribution < -0.4 is 11.1 Å². The van der Waals surface area contributed by atoms with Crippen molar-refractivity contribution in [2.24, 2.45) is 0 Å². The number of carbonyl (C=O) groups excluding carboxylic acids is 1. The topological polar surface area (TPSA) is 74.5 Å². The maximum absolute atomic E-state index is 12.2. The van der Waals surface area contributed by atoms with Crippen LogP contribution in [0.4, 0.5) is 10.8 Å². The van der Waals surface area contributed by atoms with Crippen molar-refractivity contribution in [3.05, 3.63) is 40.9 Å². The molecule has 1 saturated heterocycles. The Morgan fingerprint density at radius 3 is 2.62 bits per heavy atom. The van der Waals surface area contributed by atoms with Crippen molar-refractivity contribution in [1.29, 1.82) is 0 Å². The Bertz CT molecular complexity index is 694. The molecule has 0 radical (unpaired) electrons. The van der Waals surface area contributed by atoms with Crippen LogP contribution >= 0.6 is 11.3 Å². The van der Waals surface area contributed by atoms with Gasteiger partial charge >= 0.3 is 0 Å². The van der Waals surface area contributed by atoms with E-state index in [1.54, 1.807) is 11.3 Å². The smallest absolute Gasteiger partial charge is 0.238 e. The lowest BCUT2D eigenvalue weighted by atomic mass is 10.2. The third-order valence-corrected chi connectivity index (χ3v) is 5.01. The van der Waals surface area contributed by atoms with Gasteiger partial charge in [-0.2, -0.15) is 0 Å². The largest absolute Gasteiger partial charge is 0.375 e. The number of hydrogen-bond acceptors (Lipinski definition) is 6. The third kappa shape index (κ3) is 4.53. The predicted molar refractivity (Wildman–Crippen MR) is 98.1 cm³/mol. The van der Waals surface area contributed by atoms with Crippen molar-refractivity contribution in [2.75, 3.05) is 43.8 Å². The third-order valence-electron chi connectivity index (χ3n) is 4.20. The van der Waals surface area contributed by atoms with Crippen LogP contribution in [0.3, 0.4) is 0 Å². The number of nitrogens with one attached hydrogen (secondary N) is 1. The molecule has 24 heavy (non-hydrogen) atoms. The molecule has 0 saturated carbocycles. The van der Waals surface area contributed by atoms with Gasteiger partial charge in [0.05, 0.1) is 6.54 Å². The van der Waals surface area contributed by atoms with E-state index in [0.717, 1.165) is 44.0 Å². The number of nitrogens with zero attached hydrogens (tertiary/aromatic N) is 3. The van der Waals surface area contributed by atoms with Crippen LogP contribution in [0.15, 0.2) is 30.5 Å². The van der Waals surface area contributed by atoms with Crippen molar-refractivity contribution in [3.63, 3.8) is 0 Å². The van der Waals surface area contributed by atoms with Gasteiger partial charge in [0.15, 0.2) is 5.13 Å². The fourth-order valence-electron chi connectivity index (χ4n) is 2.83. The van der Waals surface area contributed by atoms with Gasteiger partial charge in [-0.3, -0.25) is 14.6 Å². The van der Waals surface area contributed by atoms with E-state index < -0.39 is 0 Å². The second-order valence-corrected chi connectivity index (χ2v) is 7.23. The van der Waals surface area contributed by atoms with Crippen LogP contribution in [0.1, 0.15) is 10.4 Å². The monoisotopic (exact) mass is 345 g/mol. The Hall–Kier alpha value is -1.96. The summed E-state index contributed by atoms with van der Waals surface area (Å²) in [5.74, 6) is 0.0491. The highest BCUT2D eigenvalue weighted by Crippen LogP contribution is 2.17. The highest BCUT2D eigenvalue weighted by molar-refractivity contribution is 7.15. The van der Waals surface area contributed by atoms with Crippen LogP contribution in [-0.2, 0) is 11.3 Å². The van der Waals surface area contributed by atoms with E-state index in [0.29, 0.717) is 11.7 Å². The number of nitrogen functional groups attached to an aromatic ring is 1. The van der Waals surface area contributed by atoms with Crippen molar-refractivity contribution in [2.45, 2.75) is 13.5 Å². The molecule has 7 heteroatoms. The lowest BCUT2D eigenvalue weighted by Crippen LogP contribution is -2.48. The van der Waals surface area contributed by atoms with Crippen molar-refractivity contribution in [1.82, 2.24) is 14.8 Å². The maximum atomic E-state index is 12.2. The molecule has 2 aromatic rings. The molecule has 6 nitrogen and oxygen atoms in total. The SMILES string of the molecule is Cc1ccccc1NC(=O)CN1CCN(Cc2cnc(N)s2)CC1. The zero-order valence-electron chi connectivity index (χ0n) is 13.9. The molecule has 1 aromatic carbocycles. The minimum absolute atomic E-state index is 0.0491. The quantitative estimate of drug-likeness (QED) is 0.864. The second kappa shape index (κ2) is 7.74. The first-order valence-electron chi connectivity index (χ1n) is 8.10. The Balaban J connectivity index is 1.43. The Morgan fingerprint density at radius 2 is 1.96 bits per heavy atom. The van der Waals surface area contributed by atoms with Gasteiger partial charge in [-0.15, -0.1) is 11.3 Å². The first kappa shape index (κ1) is 16.9. The minimum atomic E-state index is 0.0491. The number of piperazine rings is 1. The fourth-order valence-corrected chi connectivity index (χ4v) is 3.55. The summed E-state index contributed by atoms with van der Waals surface area (Å²) in [6.07, 6.45) is 1.85. The van der Waals surface area contributed by atoms with Crippen LogP contribution in [0.2, 0.25) is 0 Å². The second-order valence-electron chi connectivity index (χ2n) is 6.08. The number of aromatic nitrogens is 1. The Kier molecular flexibility index (Phi) is 5.44. The summed E-state index contributed by atoms with van der Waals surface area (Å²) in [7, 11) is 0. The summed E-state index contributed by atoms with van der Waals surface area (Å²) in [5, 5.41) is 3.62. The molecule has 1 aromatic heterocycles. The van der Waals surface area contributed by atoms with Gasteiger partial charge in [-0.05, 0) is 18.6 Å². The molecule has 0 spiro atoms. The number of amides is 1. The summed E-state index contributed by atoms with van der Waals surface area (Å²) in [6.45, 7) is 7.03. The average molecular weight is 345 g/mol. The summed E-state index contributed by atoms with van der Waals surface area (Å²) in [4.78, 5) is 22.1. The van der Waals surface area contributed by atoms with Gasteiger partial charge in [0.25, 0.3) is 0 Å². The molecule has 1 aliphatic heterocycles. The number of hydrogen-bond donors (Lipinski definition) is 2. The number of rotatable bonds is 5. The highest BCUT2D eigenvalue weighted by Gasteiger charge is 2.19. The molecule has 1 amide bonds. The number of thiazole rings is 1. The van der Waals surface area contributed by atoms with Gasteiger partial charge in [-0.25, -0.2) is 4.98 Å². The standard InChI is InChI=1S/C17H23N5OS/c1-13-4-2-3-5-15(13)20-16(23)12-22-8-6-21(7-9-22)11-14-10-19-17(18)24-14/h2-5,10H,6-9,11-12H2,1H3,(H2,18,19)(H,20,23). The van der Waals surface area contributed by atoms with E-state index in [1.807, 2.05) is 37.4 Å². The number of anilines is 2. The molecular formula is C17H23N5OS. The van der Waals surface area contributed by atoms with Gasteiger partial charge in [-0.1, -0.05) is 18.2 Å². The summed E-state index contributed by atoms with van der Waals surface area (Å²) in [5.41, 5.74) is 7.65. The minimum Gasteiger partial charge on any atom is -0.375 e. The van der Waals surface area contributed by atoms with E-state index in [2.05, 4.69) is 20.1 Å². The Morgan fingerprint density at radius 1 is 1.25 bits per heavy atom. The maximum Gasteiger partial charge on any atom is 0.238 e. The van der Waals surface area contributed by atoms with Gasteiger partial charge < -0.3 is 11.1 Å². The zero-order chi connectivity index (χ0) is 16.9. The normalized spacial score (nSPS) is 16.2. The average Bonchev–Trinajstić information content (AvgIpc) is 2.96. The number of nitrogens with two attached hydrogens (primary N) is 1. The summed E-state index contributed by atoms with van der Waals surface area (Å²) >= 11 is 1.54. The molecule has 128 valence electrons. The van der Waals surface area contributed by atoms with Crippen LogP contribution in [0.25, 0.3) is 0 Å². The van der Waals surface area contributed by atoms with E-state index in [9.17, 15) is 4.79 Å². The van der Waals surface area contributed by atoms with Gasteiger partial charge in [0, 0.05) is 49.5 Å². The number of carbonyl (C=O) groups is 1. The molecule has 0 unspecified atom stereocenters. The lowest BCUT2D eigenvalue weighted by Gasteiger charge is -2.33. The van der Waals surface area contributed by atoms with Crippen molar-refractivity contribution >= 4 is 28.1 Å².